The molecule has 5 rings (SSSR count). The number of carbonyl (C=O) groups is 1. The van der Waals surface area contributed by atoms with Crippen molar-refractivity contribution < 1.29 is 14.3 Å². The van der Waals surface area contributed by atoms with Crippen LogP contribution in [-0.4, -0.2) is 53.5 Å². The largest absolute Gasteiger partial charge is 0.493 e. The van der Waals surface area contributed by atoms with Crippen LogP contribution in [0.4, 0.5) is 5.82 Å². The number of thioether (sulfide) groups is 1. The van der Waals surface area contributed by atoms with E-state index in [0.717, 1.165) is 43.7 Å². The van der Waals surface area contributed by atoms with Gasteiger partial charge in [0.1, 0.15) is 21.8 Å². The first-order valence-electron chi connectivity index (χ1n) is 14.6. The lowest BCUT2D eigenvalue weighted by Crippen LogP contribution is -2.39. The smallest absolute Gasteiger partial charge is 0.270 e. The number of amides is 1. The summed E-state index contributed by atoms with van der Waals surface area (Å²) >= 11 is 6.88. The molecule has 3 aromatic rings. The number of thiocarbonyl (C=S) groups is 1. The fourth-order valence-electron chi connectivity index (χ4n) is 5.99. The molecule has 0 radical (unpaired) electrons. The summed E-state index contributed by atoms with van der Waals surface area (Å²) in [6.45, 7) is 3.76. The number of nitrogens with zero attached hydrogens (tertiary/aromatic N) is 4. The van der Waals surface area contributed by atoms with Gasteiger partial charge >= 0.3 is 0 Å². The maximum absolute atomic E-state index is 13.6. The van der Waals surface area contributed by atoms with Crippen LogP contribution in [0.1, 0.15) is 40.7 Å². The van der Waals surface area contributed by atoms with Gasteiger partial charge in [-0.25, -0.2) is 0 Å². The van der Waals surface area contributed by atoms with Gasteiger partial charge in [0.15, 0.2) is 11.5 Å². The number of hydrogen-bond donors (Lipinski definition) is 0. The summed E-state index contributed by atoms with van der Waals surface area (Å²) in [4.78, 5) is 31.2. The topological polar surface area (TPSA) is 87.8 Å². The van der Waals surface area contributed by atoms with Crippen molar-refractivity contribution in [1.29, 1.82) is 5.26 Å². The molecule has 2 aromatic carbocycles. The van der Waals surface area contributed by atoms with Crippen LogP contribution in [0.5, 0.6) is 11.5 Å². The lowest BCUT2D eigenvalue weighted by molar-refractivity contribution is -0.122. The number of ether oxygens (including phenoxy) is 2. The van der Waals surface area contributed by atoms with Gasteiger partial charge in [-0.3, -0.25) is 19.1 Å². The second kappa shape index (κ2) is 13.7. The number of aromatic nitrogens is 1. The number of rotatable bonds is 9. The SMILES string of the molecule is COc1ccc(CCN2C(=O)/C(=C/c3c(C)c(C#N)c(=O)n(C)c3N3CCC(Cc4ccccc4)CC3)SC2=S)cc1OC. The Balaban J connectivity index is 1.39. The van der Waals surface area contributed by atoms with Crippen LogP contribution < -0.4 is 19.9 Å². The number of anilines is 1. The average Bonchev–Trinajstić information content (AvgIpc) is 3.31. The van der Waals surface area contributed by atoms with Crippen molar-refractivity contribution >= 4 is 46.1 Å². The van der Waals surface area contributed by atoms with E-state index >= 15 is 0 Å². The van der Waals surface area contributed by atoms with Crippen LogP contribution in [-0.2, 0) is 24.7 Å². The van der Waals surface area contributed by atoms with Crippen molar-refractivity contribution in [2.75, 3.05) is 38.8 Å². The lowest BCUT2D eigenvalue weighted by atomic mass is 9.90. The van der Waals surface area contributed by atoms with E-state index in [1.807, 2.05) is 30.3 Å². The fourth-order valence-corrected chi connectivity index (χ4v) is 7.28. The minimum absolute atomic E-state index is 0.0883. The van der Waals surface area contributed by atoms with Crippen molar-refractivity contribution in [3.05, 3.63) is 91.6 Å². The first-order valence-corrected chi connectivity index (χ1v) is 15.9. The molecule has 10 heteroatoms. The molecule has 0 spiro atoms. The molecular formula is C34H36N4O4S2. The Morgan fingerprint density at radius 1 is 1.05 bits per heavy atom. The molecule has 1 amide bonds. The average molecular weight is 629 g/mol. The quantitative estimate of drug-likeness (QED) is 0.227. The lowest BCUT2D eigenvalue weighted by Gasteiger charge is -2.36. The third-order valence-electron chi connectivity index (χ3n) is 8.47. The number of hydrogen-bond acceptors (Lipinski definition) is 8. The fraction of sp³-hybridized carbons (Fsp3) is 0.353. The van der Waals surface area contributed by atoms with Crippen molar-refractivity contribution in [3.8, 4) is 17.6 Å². The highest BCUT2D eigenvalue weighted by Gasteiger charge is 2.33. The van der Waals surface area contributed by atoms with E-state index in [-0.39, 0.29) is 17.0 Å². The van der Waals surface area contributed by atoms with E-state index in [0.29, 0.717) is 50.7 Å². The van der Waals surface area contributed by atoms with Gasteiger partial charge in [-0.1, -0.05) is 60.4 Å². The summed E-state index contributed by atoms with van der Waals surface area (Å²) in [5.41, 5.74) is 3.38. The molecule has 8 nitrogen and oxygen atoms in total. The first-order chi connectivity index (χ1) is 21.2. The molecule has 0 aliphatic carbocycles. The number of carbonyl (C=O) groups excluding carboxylic acids is 1. The Morgan fingerprint density at radius 3 is 2.41 bits per heavy atom. The van der Waals surface area contributed by atoms with Gasteiger partial charge in [0.25, 0.3) is 11.5 Å². The summed E-state index contributed by atoms with van der Waals surface area (Å²) in [6.07, 6.45) is 5.40. The molecular weight excluding hydrogens is 593 g/mol. The van der Waals surface area contributed by atoms with Crippen molar-refractivity contribution in [3.63, 3.8) is 0 Å². The number of pyridine rings is 1. The molecule has 228 valence electrons. The van der Waals surface area contributed by atoms with Crippen LogP contribution in [0.15, 0.2) is 58.2 Å². The zero-order chi connectivity index (χ0) is 31.4. The highest BCUT2D eigenvalue weighted by Crippen LogP contribution is 2.37. The zero-order valence-corrected chi connectivity index (χ0v) is 27.1. The summed E-state index contributed by atoms with van der Waals surface area (Å²) < 4.78 is 12.8. The van der Waals surface area contributed by atoms with Crippen molar-refractivity contribution in [1.82, 2.24) is 9.47 Å². The van der Waals surface area contributed by atoms with Crippen LogP contribution in [0.3, 0.4) is 0 Å². The Kier molecular flexibility index (Phi) is 9.77. The molecule has 2 aliphatic rings. The third kappa shape index (κ3) is 6.40. The molecule has 2 aliphatic heterocycles. The molecule has 0 saturated carbocycles. The summed E-state index contributed by atoms with van der Waals surface area (Å²) in [5, 5.41) is 9.85. The Labute approximate surface area is 267 Å². The first kappa shape index (κ1) is 31.4. The third-order valence-corrected chi connectivity index (χ3v) is 9.85. The molecule has 0 atom stereocenters. The van der Waals surface area contributed by atoms with Crippen molar-refractivity contribution in [2.24, 2.45) is 13.0 Å². The van der Waals surface area contributed by atoms with E-state index in [4.69, 9.17) is 21.7 Å². The maximum atomic E-state index is 13.6. The van der Waals surface area contributed by atoms with Crippen LogP contribution in [0.2, 0.25) is 0 Å². The van der Waals surface area contributed by atoms with Crippen molar-refractivity contribution in [2.45, 2.75) is 32.6 Å². The monoisotopic (exact) mass is 628 g/mol. The Bertz CT molecular complexity index is 1700. The van der Waals surface area contributed by atoms with E-state index in [9.17, 15) is 14.9 Å². The normalized spacial score (nSPS) is 16.5. The predicted molar refractivity (Wildman–Crippen MR) is 179 cm³/mol. The van der Waals surface area contributed by atoms with Crippen LogP contribution >= 0.6 is 24.0 Å². The second-order valence-electron chi connectivity index (χ2n) is 11.1. The number of methoxy groups -OCH3 is 2. The van der Waals surface area contributed by atoms with Crippen LogP contribution in [0, 0.1) is 24.2 Å². The van der Waals surface area contributed by atoms with Gasteiger partial charge in [0, 0.05) is 32.2 Å². The second-order valence-corrected chi connectivity index (χ2v) is 12.8. The van der Waals surface area contributed by atoms with E-state index in [1.165, 1.54) is 17.3 Å². The van der Waals surface area contributed by atoms with Gasteiger partial charge in [-0.05, 0) is 73.4 Å². The molecule has 44 heavy (non-hydrogen) atoms. The van der Waals surface area contributed by atoms with Gasteiger partial charge < -0.3 is 14.4 Å². The summed E-state index contributed by atoms with van der Waals surface area (Å²) in [7, 11) is 4.89. The Morgan fingerprint density at radius 2 is 1.75 bits per heavy atom. The molecule has 2 saturated heterocycles. The van der Waals surface area contributed by atoms with E-state index in [1.54, 1.807) is 37.7 Å². The number of benzene rings is 2. The van der Waals surface area contributed by atoms with Gasteiger partial charge in [-0.2, -0.15) is 5.26 Å². The number of piperidine rings is 1. The zero-order valence-electron chi connectivity index (χ0n) is 25.5. The Hall–Kier alpha value is -4.07. The summed E-state index contributed by atoms with van der Waals surface area (Å²) in [5.74, 6) is 2.38. The minimum Gasteiger partial charge on any atom is -0.493 e. The van der Waals surface area contributed by atoms with Crippen LogP contribution in [0.25, 0.3) is 6.08 Å². The molecule has 3 heterocycles. The predicted octanol–water partition coefficient (Wildman–Crippen LogP) is 5.49. The molecule has 0 unspecified atom stereocenters. The highest BCUT2D eigenvalue weighted by atomic mass is 32.2. The van der Waals surface area contributed by atoms with Gasteiger partial charge in [0.2, 0.25) is 0 Å². The van der Waals surface area contributed by atoms with Gasteiger partial charge in [-0.15, -0.1) is 0 Å². The van der Waals surface area contributed by atoms with E-state index in [2.05, 4.69) is 35.2 Å². The molecule has 0 bridgehead atoms. The van der Waals surface area contributed by atoms with E-state index < -0.39 is 0 Å². The number of nitriles is 1. The highest BCUT2D eigenvalue weighted by molar-refractivity contribution is 8.26. The molecule has 1 aromatic heterocycles. The minimum atomic E-state index is -0.328. The standard InChI is InChI=1S/C34H36N4O4S2/c1-22-26(20-30-33(40)38(34(43)44-30)17-14-24-10-11-28(41-3)29(19-24)42-4)31(36(2)32(39)27(22)21-35)37-15-12-25(13-16-37)18-23-8-6-5-7-9-23/h5-11,19-20,25H,12-18H2,1-4H3/b30-20-. The molecule has 0 N–H and O–H groups in total. The summed E-state index contributed by atoms with van der Waals surface area (Å²) in [6, 6.07) is 18.3. The molecule has 2 fully saturated rings. The van der Waals surface area contributed by atoms with Gasteiger partial charge in [0.05, 0.1) is 19.1 Å². The maximum Gasteiger partial charge on any atom is 0.270 e.